The molecular weight excluding hydrogens is 252 g/mol. The summed E-state index contributed by atoms with van der Waals surface area (Å²) in [6.45, 7) is 4.02. The number of anilines is 1. The van der Waals surface area contributed by atoms with Gasteiger partial charge in [-0.2, -0.15) is 0 Å². The highest BCUT2D eigenvalue weighted by molar-refractivity contribution is 6.31. The molecule has 1 aliphatic heterocycles. The summed E-state index contributed by atoms with van der Waals surface area (Å²) in [4.78, 5) is 13.8. The highest BCUT2D eigenvalue weighted by Crippen LogP contribution is 2.23. The van der Waals surface area contributed by atoms with Crippen molar-refractivity contribution in [2.75, 3.05) is 31.6 Å². The van der Waals surface area contributed by atoms with Crippen LogP contribution in [0.25, 0.3) is 0 Å². The van der Waals surface area contributed by atoms with E-state index in [-0.39, 0.29) is 12.5 Å². The van der Waals surface area contributed by atoms with Gasteiger partial charge in [-0.25, -0.2) is 0 Å². The average molecular weight is 269 g/mol. The molecule has 0 radical (unpaired) electrons. The SMILES string of the molecule is Cc1c(Cl)cccc1NC(=O)CN1CC(CO)C1. The van der Waals surface area contributed by atoms with Crippen LogP contribution in [0.2, 0.25) is 5.02 Å². The number of nitrogens with zero attached hydrogens (tertiary/aromatic N) is 1. The number of rotatable bonds is 4. The molecule has 1 amide bonds. The standard InChI is InChI=1S/C13H17ClN2O2/c1-9-11(14)3-2-4-12(9)15-13(18)7-16-5-10(6-16)8-17/h2-4,10,17H,5-8H2,1H3,(H,15,18). The summed E-state index contributed by atoms with van der Waals surface area (Å²) in [5.41, 5.74) is 1.64. The van der Waals surface area contributed by atoms with Crippen molar-refractivity contribution < 1.29 is 9.90 Å². The Kier molecular flexibility index (Phi) is 4.22. The van der Waals surface area contributed by atoms with Crippen LogP contribution in [0.3, 0.4) is 0 Å². The van der Waals surface area contributed by atoms with Crippen LogP contribution >= 0.6 is 11.6 Å². The predicted octanol–water partition coefficient (Wildman–Crippen LogP) is 1.51. The number of carbonyl (C=O) groups excluding carboxylic acids is 1. The lowest BCUT2D eigenvalue weighted by Gasteiger charge is -2.37. The van der Waals surface area contributed by atoms with Crippen LogP contribution in [0, 0.1) is 12.8 Å². The number of halogens is 1. The van der Waals surface area contributed by atoms with E-state index in [0.29, 0.717) is 17.5 Å². The zero-order chi connectivity index (χ0) is 13.1. The molecule has 4 nitrogen and oxygen atoms in total. The van der Waals surface area contributed by atoms with Gasteiger partial charge in [0, 0.05) is 36.3 Å². The molecule has 0 unspecified atom stereocenters. The van der Waals surface area contributed by atoms with Gasteiger partial charge in [-0.05, 0) is 24.6 Å². The molecule has 2 N–H and O–H groups in total. The van der Waals surface area contributed by atoms with E-state index in [4.69, 9.17) is 16.7 Å². The number of likely N-dealkylation sites (tertiary alicyclic amines) is 1. The number of amides is 1. The lowest BCUT2D eigenvalue weighted by molar-refractivity contribution is -0.119. The molecule has 1 aliphatic rings. The molecule has 0 saturated carbocycles. The zero-order valence-electron chi connectivity index (χ0n) is 10.3. The zero-order valence-corrected chi connectivity index (χ0v) is 11.1. The van der Waals surface area contributed by atoms with Gasteiger partial charge in [0.2, 0.25) is 5.91 Å². The summed E-state index contributed by atoms with van der Waals surface area (Å²) in [5, 5.41) is 12.4. The minimum Gasteiger partial charge on any atom is -0.396 e. The van der Waals surface area contributed by atoms with Crippen LogP contribution in [0.1, 0.15) is 5.56 Å². The van der Waals surface area contributed by atoms with Gasteiger partial charge in [0.15, 0.2) is 0 Å². The number of carbonyl (C=O) groups is 1. The van der Waals surface area contributed by atoms with Crippen LogP contribution in [0.5, 0.6) is 0 Å². The van der Waals surface area contributed by atoms with E-state index < -0.39 is 0 Å². The van der Waals surface area contributed by atoms with Crippen molar-refractivity contribution in [2.24, 2.45) is 5.92 Å². The third-order valence-corrected chi connectivity index (χ3v) is 3.61. The first-order chi connectivity index (χ1) is 8.60. The van der Waals surface area contributed by atoms with Crippen LogP contribution in [0.4, 0.5) is 5.69 Å². The second-order valence-electron chi connectivity index (χ2n) is 4.70. The Labute approximate surface area is 112 Å². The first kappa shape index (κ1) is 13.3. The van der Waals surface area contributed by atoms with Crippen molar-refractivity contribution in [1.82, 2.24) is 4.90 Å². The van der Waals surface area contributed by atoms with Gasteiger partial charge >= 0.3 is 0 Å². The van der Waals surface area contributed by atoms with Crippen LogP contribution < -0.4 is 5.32 Å². The number of nitrogens with one attached hydrogen (secondary N) is 1. The second-order valence-corrected chi connectivity index (χ2v) is 5.11. The lowest BCUT2D eigenvalue weighted by atomic mass is 10.0. The lowest BCUT2D eigenvalue weighted by Crippen LogP contribution is -2.51. The predicted molar refractivity (Wildman–Crippen MR) is 71.8 cm³/mol. The normalized spacial score (nSPS) is 16.4. The minimum absolute atomic E-state index is 0.0447. The molecule has 1 heterocycles. The summed E-state index contributed by atoms with van der Waals surface area (Å²) >= 11 is 5.99. The first-order valence-electron chi connectivity index (χ1n) is 5.98. The highest BCUT2D eigenvalue weighted by Gasteiger charge is 2.27. The summed E-state index contributed by atoms with van der Waals surface area (Å²) < 4.78 is 0. The third kappa shape index (κ3) is 3.02. The van der Waals surface area contributed by atoms with Crippen molar-refractivity contribution >= 4 is 23.2 Å². The molecule has 0 aliphatic carbocycles. The fourth-order valence-corrected chi connectivity index (χ4v) is 2.23. The van der Waals surface area contributed by atoms with Gasteiger partial charge in [-0.3, -0.25) is 9.69 Å². The number of aliphatic hydroxyl groups is 1. The number of benzene rings is 1. The maximum Gasteiger partial charge on any atom is 0.238 e. The van der Waals surface area contributed by atoms with Gasteiger partial charge in [-0.1, -0.05) is 17.7 Å². The Morgan fingerprint density at radius 2 is 2.28 bits per heavy atom. The Bertz CT molecular complexity index is 445. The molecule has 1 aromatic carbocycles. The molecule has 1 fully saturated rings. The van der Waals surface area contributed by atoms with Gasteiger partial charge in [0.25, 0.3) is 0 Å². The molecule has 0 atom stereocenters. The Balaban J connectivity index is 1.86. The molecule has 1 saturated heterocycles. The van der Waals surface area contributed by atoms with Crippen molar-refractivity contribution in [1.29, 1.82) is 0 Å². The van der Waals surface area contributed by atoms with E-state index in [1.807, 2.05) is 24.0 Å². The van der Waals surface area contributed by atoms with Crippen molar-refractivity contribution in [2.45, 2.75) is 6.92 Å². The Morgan fingerprint density at radius 1 is 1.56 bits per heavy atom. The molecule has 1 aromatic rings. The molecule has 0 aromatic heterocycles. The van der Waals surface area contributed by atoms with E-state index in [9.17, 15) is 4.79 Å². The summed E-state index contributed by atoms with van der Waals surface area (Å²) in [6.07, 6.45) is 0. The average Bonchev–Trinajstić information content (AvgIpc) is 2.29. The van der Waals surface area contributed by atoms with Crippen molar-refractivity contribution in [3.63, 3.8) is 0 Å². The smallest absolute Gasteiger partial charge is 0.238 e. The number of hydrogen-bond acceptors (Lipinski definition) is 3. The van der Waals surface area contributed by atoms with Crippen molar-refractivity contribution in [3.05, 3.63) is 28.8 Å². The molecule has 98 valence electrons. The van der Waals surface area contributed by atoms with E-state index in [1.54, 1.807) is 6.07 Å². The van der Waals surface area contributed by atoms with Gasteiger partial charge < -0.3 is 10.4 Å². The second kappa shape index (κ2) is 5.69. The molecule has 0 spiro atoms. The topological polar surface area (TPSA) is 52.6 Å². The van der Waals surface area contributed by atoms with Gasteiger partial charge in [0.05, 0.1) is 6.54 Å². The summed E-state index contributed by atoms with van der Waals surface area (Å²) in [5.74, 6) is 0.280. The largest absolute Gasteiger partial charge is 0.396 e. The van der Waals surface area contributed by atoms with E-state index in [2.05, 4.69) is 5.32 Å². The van der Waals surface area contributed by atoms with Crippen molar-refractivity contribution in [3.8, 4) is 0 Å². The first-order valence-corrected chi connectivity index (χ1v) is 6.36. The maximum atomic E-state index is 11.8. The summed E-state index contributed by atoms with van der Waals surface area (Å²) in [6, 6.07) is 5.45. The Morgan fingerprint density at radius 3 is 2.94 bits per heavy atom. The van der Waals surface area contributed by atoms with E-state index >= 15 is 0 Å². The van der Waals surface area contributed by atoms with E-state index in [0.717, 1.165) is 24.3 Å². The van der Waals surface area contributed by atoms with Crippen LogP contribution in [-0.4, -0.2) is 42.2 Å². The van der Waals surface area contributed by atoms with Gasteiger partial charge in [-0.15, -0.1) is 0 Å². The fraction of sp³-hybridized carbons (Fsp3) is 0.462. The monoisotopic (exact) mass is 268 g/mol. The van der Waals surface area contributed by atoms with Crippen LogP contribution in [-0.2, 0) is 4.79 Å². The fourth-order valence-electron chi connectivity index (χ4n) is 2.06. The quantitative estimate of drug-likeness (QED) is 0.870. The van der Waals surface area contributed by atoms with Gasteiger partial charge in [0.1, 0.15) is 0 Å². The molecule has 2 rings (SSSR count). The van der Waals surface area contributed by atoms with Crippen LogP contribution in [0.15, 0.2) is 18.2 Å². The maximum absolute atomic E-state index is 11.8. The highest BCUT2D eigenvalue weighted by atomic mass is 35.5. The third-order valence-electron chi connectivity index (χ3n) is 3.20. The number of aliphatic hydroxyl groups excluding tert-OH is 1. The number of hydrogen-bond donors (Lipinski definition) is 2. The molecule has 18 heavy (non-hydrogen) atoms. The molecular formula is C13H17ClN2O2. The molecule has 0 bridgehead atoms. The Hall–Kier alpha value is -1.10. The molecule has 5 heteroatoms. The van der Waals surface area contributed by atoms with E-state index in [1.165, 1.54) is 0 Å². The summed E-state index contributed by atoms with van der Waals surface area (Å²) in [7, 11) is 0. The minimum atomic E-state index is -0.0447.